The zero-order valence-corrected chi connectivity index (χ0v) is 20.3. The molecule has 1 aromatic heterocycles. The molecule has 1 aromatic carbocycles. The fourth-order valence-corrected chi connectivity index (χ4v) is 6.66. The van der Waals surface area contributed by atoms with Crippen LogP contribution in [-0.4, -0.2) is 41.2 Å². The summed E-state index contributed by atoms with van der Waals surface area (Å²) in [6.07, 6.45) is 10.9. The van der Waals surface area contributed by atoms with E-state index in [-0.39, 0.29) is 0 Å². The van der Waals surface area contributed by atoms with Gasteiger partial charge in [0.25, 0.3) is 0 Å². The highest BCUT2D eigenvalue weighted by Gasteiger charge is 2.26. The zero-order chi connectivity index (χ0) is 21.6. The SMILES string of the molecule is CCC1CCC(CC)c2cc(-c3csc(C4CCN(CCCCCO)CC4)n3)ccc21. The largest absolute Gasteiger partial charge is 0.396 e. The van der Waals surface area contributed by atoms with Crippen molar-refractivity contribution in [2.24, 2.45) is 0 Å². The Bertz CT molecular complexity index is 824. The first-order valence-electron chi connectivity index (χ1n) is 12.7. The van der Waals surface area contributed by atoms with Gasteiger partial charge in [0.05, 0.1) is 10.7 Å². The van der Waals surface area contributed by atoms with Gasteiger partial charge in [-0.3, -0.25) is 0 Å². The van der Waals surface area contributed by atoms with Gasteiger partial charge in [-0.25, -0.2) is 4.98 Å². The summed E-state index contributed by atoms with van der Waals surface area (Å²) in [4.78, 5) is 7.73. The Labute approximate surface area is 192 Å². The molecule has 0 radical (unpaired) electrons. The summed E-state index contributed by atoms with van der Waals surface area (Å²) in [5, 5.41) is 12.6. The predicted molar refractivity (Wildman–Crippen MR) is 132 cm³/mol. The van der Waals surface area contributed by atoms with Crippen molar-refractivity contribution in [1.82, 2.24) is 9.88 Å². The van der Waals surface area contributed by atoms with E-state index >= 15 is 0 Å². The van der Waals surface area contributed by atoms with E-state index in [1.165, 1.54) is 80.8 Å². The molecule has 4 heteroatoms. The van der Waals surface area contributed by atoms with Crippen LogP contribution in [-0.2, 0) is 0 Å². The van der Waals surface area contributed by atoms with Crippen molar-refractivity contribution >= 4 is 11.3 Å². The lowest BCUT2D eigenvalue weighted by Crippen LogP contribution is -2.33. The van der Waals surface area contributed by atoms with Crippen LogP contribution in [0, 0.1) is 0 Å². The molecule has 0 saturated carbocycles. The molecular weight excluding hydrogens is 400 g/mol. The van der Waals surface area contributed by atoms with Gasteiger partial charge in [-0.05, 0) is 106 Å². The van der Waals surface area contributed by atoms with Crippen molar-refractivity contribution < 1.29 is 5.11 Å². The van der Waals surface area contributed by atoms with Gasteiger partial charge >= 0.3 is 0 Å². The summed E-state index contributed by atoms with van der Waals surface area (Å²) in [5.74, 6) is 2.09. The van der Waals surface area contributed by atoms with Crippen molar-refractivity contribution in [1.29, 1.82) is 0 Å². The molecule has 1 aliphatic carbocycles. The van der Waals surface area contributed by atoms with E-state index in [1.807, 2.05) is 11.3 Å². The van der Waals surface area contributed by atoms with Crippen molar-refractivity contribution in [3.05, 3.63) is 39.7 Å². The maximum Gasteiger partial charge on any atom is 0.0964 e. The number of hydrogen-bond acceptors (Lipinski definition) is 4. The number of nitrogens with zero attached hydrogens (tertiary/aromatic N) is 2. The van der Waals surface area contributed by atoms with Crippen molar-refractivity contribution in [3.63, 3.8) is 0 Å². The third-order valence-corrected chi connectivity index (χ3v) is 8.71. The van der Waals surface area contributed by atoms with Crippen molar-refractivity contribution in [2.75, 3.05) is 26.2 Å². The number of aliphatic hydroxyl groups is 1. The normalized spacial score (nSPS) is 22.5. The molecule has 3 nitrogen and oxygen atoms in total. The van der Waals surface area contributed by atoms with Crippen LogP contribution in [0.25, 0.3) is 11.3 Å². The Morgan fingerprint density at radius 2 is 1.71 bits per heavy atom. The van der Waals surface area contributed by atoms with Gasteiger partial charge in [0, 0.05) is 23.5 Å². The number of hydrogen-bond donors (Lipinski definition) is 1. The Morgan fingerprint density at radius 1 is 0.968 bits per heavy atom. The van der Waals surface area contributed by atoms with Gasteiger partial charge < -0.3 is 10.0 Å². The highest BCUT2D eigenvalue weighted by atomic mass is 32.1. The standard InChI is InChI=1S/C27H40N2OS/c1-3-20-8-9-21(4-2)25-18-23(10-11-24(20)25)26-19-31-27(28-26)22-12-15-29(16-13-22)14-6-5-7-17-30/h10-11,18-22,30H,3-9,12-17H2,1-2H3. The topological polar surface area (TPSA) is 36.4 Å². The van der Waals surface area contributed by atoms with Crippen LogP contribution in [0.1, 0.15) is 106 Å². The molecule has 1 N–H and O–H groups in total. The van der Waals surface area contributed by atoms with Gasteiger partial charge in [-0.1, -0.05) is 26.0 Å². The third kappa shape index (κ3) is 5.40. The minimum absolute atomic E-state index is 0.330. The number of rotatable bonds is 9. The number of unbranched alkanes of at least 4 members (excludes halogenated alkanes) is 2. The highest BCUT2D eigenvalue weighted by Crippen LogP contribution is 2.43. The van der Waals surface area contributed by atoms with Crippen LogP contribution in [0.4, 0.5) is 0 Å². The molecule has 2 unspecified atom stereocenters. The number of thiazole rings is 1. The summed E-state index contributed by atoms with van der Waals surface area (Å²) in [5.41, 5.74) is 5.70. The maximum absolute atomic E-state index is 8.94. The summed E-state index contributed by atoms with van der Waals surface area (Å²) in [6, 6.07) is 7.21. The van der Waals surface area contributed by atoms with Gasteiger partial charge in [-0.15, -0.1) is 11.3 Å². The second kappa shape index (κ2) is 11.1. The van der Waals surface area contributed by atoms with Crippen molar-refractivity contribution in [3.8, 4) is 11.3 Å². The van der Waals surface area contributed by atoms with E-state index < -0.39 is 0 Å². The number of aliphatic hydroxyl groups excluding tert-OH is 1. The van der Waals surface area contributed by atoms with E-state index in [0.717, 1.165) is 24.7 Å². The molecule has 2 aromatic rings. The quantitative estimate of drug-likeness (QED) is 0.429. The van der Waals surface area contributed by atoms with Gasteiger partial charge in [0.2, 0.25) is 0 Å². The molecule has 2 aliphatic rings. The molecule has 0 amide bonds. The lowest BCUT2D eigenvalue weighted by atomic mass is 9.74. The molecule has 1 fully saturated rings. The van der Waals surface area contributed by atoms with E-state index in [0.29, 0.717) is 12.5 Å². The van der Waals surface area contributed by atoms with Crippen molar-refractivity contribution in [2.45, 2.75) is 89.4 Å². The Balaban J connectivity index is 1.40. The van der Waals surface area contributed by atoms with Crippen LogP contribution in [0.2, 0.25) is 0 Å². The minimum Gasteiger partial charge on any atom is -0.396 e. The fraction of sp³-hybridized carbons (Fsp3) is 0.667. The summed E-state index contributed by atoms with van der Waals surface area (Å²) >= 11 is 1.87. The van der Waals surface area contributed by atoms with Gasteiger partial charge in [-0.2, -0.15) is 0 Å². The molecule has 1 saturated heterocycles. The molecule has 31 heavy (non-hydrogen) atoms. The molecule has 1 aliphatic heterocycles. The van der Waals surface area contributed by atoms with E-state index in [2.05, 4.69) is 42.3 Å². The first kappa shape index (κ1) is 22.9. The van der Waals surface area contributed by atoms with E-state index in [9.17, 15) is 0 Å². The molecule has 170 valence electrons. The lowest BCUT2D eigenvalue weighted by molar-refractivity contribution is 0.205. The maximum atomic E-state index is 8.94. The number of fused-ring (bicyclic) bond motifs is 1. The lowest BCUT2D eigenvalue weighted by Gasteiger charge is -2.31. The summed E-state index contributed by atoms with van der Waals surface area (Å²) in [6.45, 7) is 8.57. The fourth-order valence-electron chi connectivity index (χ4n) is 5.66. The number of likely N-dealkylation sites (tertiary alicyclic amines) is 1. The minimum atomic E-state index is 0.330. The first-order chi connectivity index (χ1) is 15.2. The average Bonchev–Trinajstić information content (AvgIpc) is 3.31. The molecule has 0 bridgehead atoms. The predicted octanol–water partition coefficient (Wildman–Crippen LogP) is 6.93. The molecule has 4 rings (SSSR count). The number of piperidine rings is 1. The van der Waals surface area contributed by atoms with E-state index in [1.54, 1.807) is 11.1 Å². The second-order valence-corrected chi connectivity index (χ2v) is 10.5. The van der Waals surface area contributed by atoms with Crippen LogP contribution in [0.15, 0.2) is 23.6 Å². The third-order valence-electron chi connectivity index (χ3n) is 7.70. The number of aromatic nitrogens is 1. The monoisotopic (exact) mass is 440 g/mol. The van der Waals surface area contributed by atoms with Crippen LogP contribution >= 0.6 is 11.3 Å². The molecular formula is C27H40N2OS. The van der Waals surface area contributed by atoms with Crippen LogP contribution in [0.3, 0.4) is 0 Å². The summed E-state index contributed by atoms with van der Waals surface area (Å²) in [7, 11) is 0. The molecule has 0 spiro atoms. The second-order valence-electron chi connectivity index (χ2n) is 9.60. The highest BCUT2D eigenvalue weighted by molar-refractivity contribution is 7.10. The molecule has 2 heterocycles. The first-order valence-corrected chi connectivity index (χ1v) is 13.5. The Hall–Kier alpha value is -1.23. The average molecular weight is 441 g/mol. The molecule has 2 atom stereocenters. The smallest absolute Gasteiger partial charge is 0.0964 e. The van der Waals surface area contributed by atoms with Gasteiger partial charge in [0.15, 0.2) is 0 Å². The van der Waals surface area contributed by atoms with Crippen LogP contribution < -0.4 is 0 Å². The Kier molecular flexibility index (Phi) is 8.19. The summed E-state index contributed by atoms with van der Waals surface area (Å²) < 4.78 is 0. The van der Waals surface area contributed by atoms with E-state index in [4.69, 9.17) is 10.1 Å². The number of benzene rings is 1. The van der Waals surface area contributed by atoms with Gasteiger partial charge in [0.1, 0.15) is 0 Å². The zero-order valence-electron chi connectivity index (χ0n) is 19.5. The Morgan fingerprint density at radius 3 is 2.42 bits per heavy atom. The van der Waals surface area contributed by atoms with Crippen LogP contribution in [0.5, 0.6) is 0 Å².